The first-order chi connectivity index (χ1) is 9.01. The van der Waals surface area contributed by atoms with Gasteiger partial charge in [-0.25, -0.2) is 9.59 Å². The van der Waals surface area contributed by atoms with Gasteiger partial charge in [0.25, 0.3) is 0 Å². The fourth-order valence-electron chi connectivity index (χ4n) is 1.48. The summed E-state index contributed by atoms with van der Waals surface area (Å²) in [6, 6.07) is 0. The molecule has 5 N–H and O–H groups in total. The maximum Gasteiger partial charge on any atom is 0.407 e. The Bertz CT molecular complexity index is 276. The number of rotatable bonds is 10. The van der Waals surface area contributed by atoms with Crippen molar-refractivity contribution in [2.24, 2.45) is 0 Å². The highest BCUT2D eigenvalue weighted by Gasteiger charge is 2.13. The minimum Gasteiger partial charge on any atom is -0.465 e. The average Bonchev–Trinajstić information content (AvgIpc) is 2.33. The third-order valence-corrected chi connectivity index (χ3v) is 2.45. The lowest BCUT2D eigenvalue weighted by Gasteiger charge is -2.25. The summed E-state index contributed by atoms with van der Waals surface area (Å²) in [5, 5.41) is 37.1. The quantitative estimate of drug-likeness (QED) is 0.329. The molecule has 0 spiro atoms. The van der Waals surface area contributed by atoms with E-state index in [4.69, 9.17) is 20.4 Å². The average molecular weight is 279 g/mol. The molecule has 0 aliphatic carbocycles. The van der Waals surface area contributed by atoms with Crippen LogP contribution in [0.3, 0.4) is 0 Å². The molecule has 0 unspecified atom stereocenters. The Balaban J connectivity index is 4.09. The van der Waals surface area contributed by atoms with E-state index in [1.54, 1.807) is 4.90 Å². The standard InChI is InChI=1S/C10H21N3O6/c14-7-5-12(2-1-11-9(16)17)3-4-13(6-8-15)10(18)19/h11,14-15H,1-8H2,(H,16,17)(H,18,19). The van der Waals surface area contributed by atoms with E-state index in [0.29, 0.717) is 19.6 Å². The number of nitrogens with one attached hydrogen (secondary N) is 1. The van der Waals surface area contributed by atoms with Gasteiger partial charge in [-0.15, -0.1) is 0 Å². The normalized spacial score (nSPS) is 10.5. The van der Waals surface area contributed by atoms with Gasteiger partial charge in [-0.1, -0.05) is 0 Å². The lowest BCUT2D eigenvalue weighted by Crippen LogP contribution is -2.42. The Morgan fingerprint density at radius 3 is 2.00 bits per heavy atom. The van der Waals surface area contributed by atoms with Crippen LogP contribution in [0.15, 0.2) is 0 Å². The van der Waals surface area contributed by atoms with E-state index < -0.39 is 12.2 Å². The predicted molar refractivity (Wildman–Crippen MR) is 66.2 cm³/mol. The summed E-state index contributed by atoms with van der Waals surface area (Å²) in [5.41, 5.74) is 0. The maximum atomic E-state index is 10.8. The molecule has 9 nitrogen and oxygen atoms in total. The van der Waals surface area contributed by atoms with Crippen LogP contribution >= 0.6 is 0 Å². The predicted octanol–water partition coefficient (Wildman–Crippen LogP) is -1.48. The molecule has 0 aliphatic heterocycles. The summed E-state index contributed by atoms with van der Waals surface area (Å²) in [5.74, 6) is 0. The molecule has 0 radical (unpaired) electrons. The van der Waals surface area contributed by atoms with Gasteiger partial charge in [0.2, 0.25) is 0 Å². The zero-order chi connectivity index (χ0) is 14.7. The first-order valence-corrected chi connectivity index (χ1v) is 5.90. The minimum atomic E-state index is -1.13. The number of amides is 2. The molecule has 9 heteroatoms. The first-order valence-electron chi connectivity index (χ1n) is 5.90. The van der Waals surface area contributed by atoms with Crippen LogP contribution in [0.2, 0.25) is 0 Å². The Labute approximate surface area is 111 Å². The van der Waals surface area contributed by atoms with Crippen molar-refractivity contribution in [2.75, 3.05) is 52.5 Å². The van der Waals surface area contributed by atoms with Gasteiger partial charge in [0, 0.05) is 39.3 Å². The van der Waals surface area contributed by atoms with Crippen molar-refractivity contribution in [3.05, 3.63) is 0 Å². The zero-order valence-electron chi connectivity index (χ0n) is 10.7. The van der Waals surface area contributed by atoms with Crippen molar-refractivity contribution < 1.29 is 30.0 Å². The van der Waals surface area contributed by atoms with Gasteiger partial charge >= 0.3 is 12.2 Å². The van der Waals surface area contributed by atoms with Crippen LogP contribution in [-0.4, -0.2) is 94.9 Å². The second-order valence-electron chi connectivity index (χ2n) is 3.79. The molecule has 0 fully saturated rings. The summed E-state index contributed by atoms with van der Waals surface area (Å²) in [6.45, 7) is 1.11. The molecular formula is C10H21N3O6. The number of hydrogen-bond donors (Lipinski definition) is 5. The van der Waals surface area contributed by atoms with E-state index >= 15 is 0 Å². The van der Waals surface area contributed by atoms with Crippen LogP contribution in [-0.2, 0) is 0 Å². The second kappa shape index (κ2) is 10.4. The van der Waals surface area contributed by atoms with Crippen LogP contribution in [0, 0.1) is 0 Å². The minimum absolute atomic E-state index is 0.0235. The molecule has 19 heavy (non-hydrogen) atoms. The van der Waals surface area contributed by atoms with Crippen molar-refractivity contribution in [2.45, 2.75) is 0 Å². The van der Waals surface area contributed by atoms with E-state index in [-0.39, 0.29) is 32.8 Å². The van der Waals surface area contributed by atoms with Crippen molar-refractivity contribution in [1.82, 2.24) is 15.1 Å². The third-order valence-electron chi connectivity index (χ3n) is 2.45. The fraction of sp³-hybridized carbons (Fsp3) is 0.800. The van der Waals surface area contributed by atoms with Crippen molar-refractivity contribution in [3.8, 4) is 0 Å². The summed E-state index contributed by atoms with van der Waals surface area (Å²) in [6.07, 6.45) is -2.25. The molecule has 0 aliphatic rings. The molecule has 0 aromatic carbocycles. The number of hydrogen-bond acceptors (Lipinski definition) is 5. The molecule has 0 aromatic rings. The smallest absolute Gasteiger partial charge is 0.407 e. The highest BCUT2D eigenvalue weighted by Crippen LogP contribution is 1.93. The van der Waals surface area contributed by atoms with E-state index in [1.165, 1.54) is 0 Å². The highest BCUT2D eigenvalue weighted by atomic mass is 16.4. The van der Waals surface area contributed by atoms with Crippen LogP contribution in [0.5, 0.6) is 0 Å². The summed E-state index contributed by atoms with van der Waals surface area (Å²) in [7, 11) is 0. The topological polar surface area (TPSA) is 134 Å². The Morgan fingerprint density at radius 1 is 0.895 bits per heavy atom. The Hall–Kier alpha value is -1.58. The van der Waals surface area contributed by atoms with Gasteiger partial charge < -0.3 is 30.6 Å². The van der Waals surface area contributed by atoms with Crippen LogP contribution in [0.1, 0.15) is 0 Å². The van der Waals surface area contributed by atoms with Gasteiger partial charge in [0.1, 0.15) is 0 Å². The highest BCUT2D eigenvalue weighted by molar-refractivity contribution is 5.65. The van der Waals surface area contributed by atoms with Crippen LogP contribution in [0.25, 0.3) is 0 Å². The first kappa shape index (κ1) is 17.4. The van der Waals surface area contributed by atoms with E-state index in [1.807, 2.05) is 0 Å². The fourth-order valence-corrected chi connectivity index (χ4v) is 1.48. The number of carbonyl (C=O) groups is 2. The molecular weight excluding hydrogens is 258 g/mol. The lowest BCUT2D eigenvalue weighted by atomic mass is 10.4. The van der Waals surface area contributed by atoms with Gasteiger partial charge in [0.15, 0.2) is 0 Å². The number of aliphatic hydroxyl groups excluding tert-OH is 2. The SMILES string of the molecule is O=C(O)NCCN(CCO)CCN(CCO)C(=O)O. The van der Waals surface area contributed by atoms with Crippen molar-refractivity contribution in [1.29, 1.82) is 0 Å². The van der Waals surface area contributed by atoms with Gasteiger partial charge in [-0.2, -0.15) is 0 Å². The molecule has 0 bridgehead atoms. The largest absolute Gasteiger partial charge is 0.465 e. The molecule has 0 rings (SSSR count). The van der Waals surface area contributed by atoms with E-state index in [9.17, 15) is 9.59 Å². The van der Waals surface area contributed by atoms with Crippen molar-refractivity contribution in [3.63, 3.8) is 0 Å². The Morgan fingerprint density at radius 2 is 1.53 bits per heavy atom. The third kappa shape index (κ3) is 9.05. The molecule has 0 heterocycles. The van der Waals surface area contributed by atoms with E-state index in [2.05, 4.69) is 5.32 Å². The van der Waals surface area contributed by atoms with Gasteiger partial charge in [-0.05, 0) is 0 Å². The summed E-state index contributed by atoms with van der Waals surface area (Å²) in [4.78, 5) is 23.9. The number of aliphatic hydroxyl groups is 2. The molecule has 0 saturated carbocycles. The van der Waals surface area contributed by atoms with Crippen LogP contribution < -0.4 is 5.32 Å². The number of carboxylic acid groups (broad SMARTS) is 2. The summed E-state index contributed by atoms with van der Waals surface area (Å²) >= 11 is 0. The molecule has 2 amide bonds. The zero-order valence-corrected chi connectivity index (χ0v) is 10.7. The molecule has 0 atom stereocenters. The van der Waals surface area contributed by atoms with Crippen LogP contribution in [0.4, 0.5) is 9.59 Å². The summed E-state index contributed by atoms with van der Waals surface area (Å²) < 4.78 is 0. The van der Waals surface area contributed by atoms with Gasteiger partial charge in [-0.3, -0.25) is 4.90 Å². The van der Waals surface area contributed by atoms with Crippen molar-refractivity contribution >= 4 is 12.2 Å². The Kier molecular flexibility index (Phi) is 9.49. The van der Waals surface area contributed by atoms with E-state index in [0.717, 1.165) is 4.90 Å². The maximum absolute atomic E-state index is 10.8. The van der Waals surface area contributed by atoms with Gasteiger partial charge in [0.05, 0.1) is 13.2 Å². The second-order valence-corrected chi connectivity index (χ2v) is 3.79. The molecule has 0 saturated heterocycles. The monoisotopic (exact) mass is 279 g/mol. The molecule has 0 aromatic heterocycles. The molecule has 112 valence electrons. The lowest BCUT2D eigenvalue weighted by molar-refractivity contribution is 0.119. The number of nitrogens with zero attached hydrogens (tertiary/aromatic N) is 2.